The maximum absolute atomic E-state index is 10.9. The fourth-order valence-corrected chi connectivity index (χ4v) is 1.74. The smallest absolute Gasteiger partial charge is 0.549 e. The number of aliphatic carboxylic acids is 1. The first kappa shape index (κ1) is 14.6. The Morgan fingerprint density at radius 3 is 2.27 bits per heavy atom. The molecule has 76 valence electrons. The Labute approximate surface area is 107 Å². The second kappa shape index (κ2) is 6.22. The van der Waals surface area contributed by atoms with Crippen LogP contribution < -0.4 is 24.0 Å². The SMILES string of the molecule is CC(C)C(C(=O)[O-])c1ccccc1Cl.[Li+]. The van der Waals surface area contributed by atoms with Crippen molar-refractivity contribution in [2.24, 2.45) is 5.92 Å². The third-order valence-corrected chi connectivity index (χ3v) is 2.51. The molecule has 0 aliphatic rings. The fourth-order valence-electron chi connectivity index (χ4n) is 1.49. The van der Waals surface area contributed by atoms with Gasteiger partial charge in [0.05, 0.1) is 0 Å². The Bertz CT molecular complexity index is 339. The van der Waals surface area contributed by atoms with Gasteiger partial charge in [-0.15, -0.1) is 0 Å². The molecule has 1 atom stereocenters. The Kier molecular flexibility index (Phi) is 6.05. The van der Waals surface area contributed by atoms with Crippen molar-refractivity contribution in [1.29, 1.82) is 0 Å². The van der Waals surface area contributed by atoms with Gasteiger partial charge in [0, 0.05) is 16.9 Å². The predicted octanol–water partition coefficient (Wildman–Crippen LogP) is -1.17. The van der Waals surface area contributed by atoms with Crippen LogP contribution in [0.2, 0.25) is 5.02 Å². The van der Waals surface area contributed by atoms with Crippen LogP contribution in [0.15, 0.2) is 24.3 Å². The number of benzene rings is 1. The summed E-state index contributed by atoms with van der Waals surface area (Å²) >= 11 is 5.92. The van der Waals surface area contributed by atoms with Gasteiger partial charge in [-0.1, -0.05) is 43.6 Å². The van der Waals surface area contributed by atoms with E-state index in [2.05, 4.69) is 0 Å². The molecule has 1 aromatic carbocycles. The van der Waals surface area contributed by atoms with Crippen molar-refractivity contribution >= 4 is 17.6 Å². The van der Waals surface area contributed by atoms with Crippen LogP contribution >= 0.6 is 11.6 Å². The first-order valence-electron chi connectivity index (χ1n) is 4.49. The maximum atomic E-state index is 10.9. The molecule has 1 rings (SSSR count). The van der Waals surface area contributed by atoms with Crippen LogP contribution in [0, 0.1) is 5.92 Å². The molecule has 0 fully saturated rings. The Balaban J connectivity index is 0.00000196. The fraction of sp³-hybridized carbons (Fsp3) is 0.364. The molecule has 0 amide bonds. The summed E-state index contributed by atoms with van der Waals surface area (Å²) in [7, 11) is 0. The van der Waals surface area contributed by atoms with Crippen LogP contribution in [-0.2, 0) is 4.79 Å². The normalized spacial score (nSPS) is 12.0. The number of rotatable bonds is 3. The molecule has 2 nitrogen and oxygen atoms in total. The van der Waals surface area contributed by atoms with Crippen LogP contribution in [0.4, 0.5) is 0 Å². The average molecular weight is 219 g/mol. The van der Waals surface area contributed by atoms with Crippen molar-refractivity contribution in [3.63, 3.8) is 0 Å². The molecule has 1 unspecified atom stereocenters. The zero-order valence-electron chi connectivity index (χ0n) is 9.16. The van der Waals surface area contributed by atoms with Crippen LogP contribution in [0.3, 0.4) is 0 Å². The van der Waals surface area contributed by atoms with Crippen molar-refractivity contribution in [3.8, 4) is 0 Å². The van der Waals surface area contributed by atoms with E-state index in [1.54, 1.807) is 24.3 Å². The topological polar surface area (TPSA) is 40.1 Å². The first-order chi connectivity index (χ1) is 6.54. The molecule has 0 aliphatic heterocycles. The summed E-state index contributed by atoms with van der Waals surface area (Å²) in [6, 6.07) is 6.97. The Morgan fingerprint density at radius 2 is 1.87 bits per heavy atom. The van der Waals surface area contributed by atoms with Gasteiger partial charge >= 0.3 is 18.9 Å². The Hall–Kier alpha value is -0.423. The van der Waals surface area contributed by atoms with Crippen molar-refractivity contribution < 1.29 is 28.8 Å². The number of carbonyl (C=O) groups is 1. The van der Waals surface area contributed by atoms with Gasteiger partial charge in [0.2, 0.25) is 0 Å². The minimum atomic E-state index is -1.08. The molecular formula is C11H12ClLiO2. The van der Waals surface area contributed by atoms with E-state index in [0.29, 0.717) is 10.6 Å². The van der Waals surface area contributed by atoms with Crippen LogP contribution in [0.5, 0.6) is 0 Å². The summed E-state index contributed by atoms with van der Waals surface area (Å²) in [5.74, 6) is -1.74. The first-order valence-corrected chi connectivity index (χ1v) is 4.87. The van der Waals surface area contributed by atoms with Crippen molar-refractivity contribution in [2.75, 3.05) is 0 Å². The molecule has 1 aromatic rings. The van der Waals surface area contributed by atoms with Crippen molar-refractivity contribution in [1.82, 2.24) is 0 Å². The van der Waals surface area contributed by atoms with Gasteiger partial charge in [0.25, 0.3) is 0 Å². The molecule has 0 saturated carbocycles. The van der Waals surface area contributed by atoms with Crippen LogP contribution in [0.1, 0.15) is 25.3 Å². The van der Waals surface area contributed by atoms with Gasteiger partial charge in [-0.25, -0.2) is 0 Å². The minimum absolute atomic E-state index is 0. The zero-order valence-corrected chi connectivity index (χ0v) is 9.91. The van der Waals surface area contributed by atoms with Gasteiger partial charge in [0.1, 0.15) is 0 Å². The second-order valence-corrected chi connectivity index (χ2v) is 3.97. The number of carbonyl (C=O) groups excluding carboxylic acids is 1. The number of hydrogen-bond donors (Lipinski definition) is 0. The number of carboxylic acids is 1. The quantitative estimate of drug-likeness (QED) is 0.600. The number of carboxylic acid groups (broad SMARTS) is 1. The summed E-state index contributed by atoms with van der Waals surface area (Å²) in [5.41, 5.74) is 0.629. The predicted molar refractivity (Wildman–Crippen MR) is 54.0 cm³/mol. The number of hydrogen-bond acceptors (Lipinski definition) is 2. The van der Waals surface area contributed by atoms with Crippen molar-refractivity contribution in [3.05, 3.63) is 34.9 Å². The summed E-state index contributed by atoms with van der Waals surface area (Å²) in [6.07, 6.45) is 0. The van der Waals surface area contributed by atoms with E-state index in [9.17, 15) is 9.90 Å². The molecule has 0 bridgehead atoms. The molecule has 0 aliphatic carbocycles. The number of halogens is 1. The summed E-state index contributed by atoms with van der Waals surface area (Å²) in [5, 5.41) is 11.4. The zero-order chi connectivity index (χ0) is 10.7. The average Bonchev–Trinajstić information content (AvgIpc) is 2.07. The van der Waals surface area contributed by atoms with Gasteiger partial charge in [-0.05, 0) is 17.5 Å². The summed E-state index contributed by atoms with van der Waals surface area (Å²) < 4.78 is 0. The van der Waals surface area contributed by atoms with E-state index in [0.717, 1.165) is 0 Å². The summed E-state index contributed by atoms with van der Waals surface area (Å²) in [6.45, 7) is 3.67. The third-order valence-electron chi connectivity index (χ3n) is 2.16. The molecule has 0 saturated heterocycles. The van der Waals surface area contributed by atoms with E-state index in [1.165, 1.54) is 0 Å². The Morgan fingerprint density at radius 1 is 1.33 bits per heavy atom. The van der Waals surface area contributed by atoms with E-state index in [1.807, 2.05) is 13.8 Å². The van der Waals surface area contributed by atoms with E-state index in [4.69, 9.17) is 11.6 Å². The maximum Gasteiger partial charge on any atom is 1.00 e. The third kappa shape index (κ3) is 3.57. The van der Waals surface area contributed by atoms with Gasteiger partial charge in [-0.2, -0.15) is 0 Å². The minimum Gasteiger partial charge on any atom is -0.549 e. The molecule has 0 aromatic heterocycles. The van der Waals surface area contributed by atoms with Crippen LogP contribution in [-0.4, -0.2) is 5.97 Å². The van der Waals surface area contributed by atoms with Gasteiger partial charge in [-0.3, -0.25) is 0 Å². The molecule has 4 heteroatoms. The van der Waals surface area contributed by atoms with Crippen molar-refractivity contribution in [2.45, 2.75) is 19.8 Å². The largest absolute Gasteiger partial charge is 1.00 e. The molecule has 0 spiro atoms. The molecule has 0 N–H and O–H groups in total. The van der Waals surface area contributed by atoms with Gasteiger partial charge < -0.3 is 9.90 Å². The van der Waals surface area contributed by atoms with E-state index >= 15 is 0 Å². The molecule has 15 heavy (non-hydrogen) atoms. The summed E-state index contributed by atoms with van der Waals surface area (Å²) in [4.78, 5) is 10.9. The second-order valence-electron chi connectivity index (χ2n) is 3.56. The van der Waals surface area contributed by atoms with E-state index < -0.39 is 11.9 Å². The van der Waals surface area contributed by atoms with Gasteiger partial charge in [0.15, 0.2) is 0 Å². The monoisotopic (exact) mass is 218 g/mol. The molecule has 0 radical (unpaired) electrons. The van der Waals surface area contributed by atoms with E-state index in [-0.39, 0.29) is 24.8 Å². The molecule has 0 heterocycles. The standard InChI is InChI=1S/C11H13ClO2.Li/c1-7(2)10(11(13)14)8-5-3-4-6-9(8)12;/h3-7,10H,1-2H3,(H,13,14);/q;+1/p-1. The molecular weight excluding hydrogens is 207 g/mol. The van der Waals surface area contributed by atoms with Crippen LogP contribution in [0.25, 0.3) is 0 Å².